The van der Waals surface area contributed by atoms with Gasteiger partial charge in [0.15, 0.2) is 5.78 Å². The second-order valence-electron chi connectivity index (χ2n) is 4.99. The number of carbonyl (C=O) groups excluding carboxylic acids is 1. The fourth-order valence-corrected chi connectivity index (χ4v) is 2.75. The zero-order chi connectivity index (χ0) is 14.3. The van der Waals surface area contributed by atoms with E-state index in [9.17, 15) is 10.1 Å². The van der Waals surface area contributed by atoms with Crippen LogP contribution in [0, 0.1) is 18.3 Å². The van der Waals surface area contributed by atoms with Crippen LogP contribution in [-0.4, -0.2) is 5.78 Å². The number of carbonyl (C=O) groups is 1. The second kappa shape index (κ2) is 4.57. The lowest BCUT2D eigenvalue weighted by Crippen LogP contribution is -2.27. The zero-order valence-corrected chi connectivity index (χ0v) is 11.1. The highest BCUT2D eigenvalue weighted by Gasteiger charge is 2.39. The predicted molar refractivity (Wildman–Crippen MR) is 70.0 cm³/mol. The molecule has 0 bridgehead atoms. The molecule has 5 heteroatoms. The maximum absolute atomic E-state index is 12.2. The van der Waals surface area contributed by atoms with E-state index >= 15 is 0 Å². The van der Waals surface area contributed by atoms with E-state index in [0.29, 0.717) is 29.9 Å². The summed E-state index contributed by atoms with van der Waals surface area (Å²) in [4.78, 5) is 12.2. The minimum Gasteiger partial charge on any atom is -0.465 e. The lowest BCUT2D eigenvalue weighted by molar-refractivity contribution is -0.116. The van der Waals surface area contributed by atoms with Crippen molar-refractivity contribution < 1.29 is 13.9 Å². The minimum atomic E-state index is -0.537. The fourth-order valence-electron chi connectivity index (χ4n) is 2.75. The molecular formula is C15H14N2O3. The monoisotopic (exact) mass is 270 g/mol. The molecule has 1 aliphatic heterocycles. The van der Waals surface area contributed by atoms with Crippen LogP contribution in [0.2, 0.25) is 0 Å². The van der Waals surface area contributed by atoms with Crippen LogP contribution < -0.4 is 5.73 Å². The van der Waals surface area contributed by atoms with Gasteiger partial charge in [-0.3, -0.25) is 4.79 Å². The van der Waals surface area contributed by atoms with E-state index in [0.717, 1.165) is 12.2 Å². The standard InChI is InChI=1S/C15H14N2O3/c1-8-5-6-12(19-8)13-9(7-16)15(17)20-11-4-2-3-10(18)14(11)13/h5-6,13H,2-4,17H2,1H3/t13-/m1/s1. The number of Topliss-reactive ketones (excluding diaryl/α,β-unsaturated/α-hetero) is 1. The Balaban J connectivity index is 2.18. The Kier molecular flexibility index (Phi) is 2.87. The van der Waals surface area contributed by atoms with Crippen molar-refractivity contribution in [2.75, 3.05) is 0 Å². The van der Waals surface area contributed by atoms with Gasteiger partial charge in [0.2, 0.25) is 5.88 Å². The number of hydrogen-bond donors (Lipinski definition) is 1. The molecule has 102 valence electrons. The summed E-state index contributed by atoms with van der Waals surface area (Å²) in [5.74, 6) is 1.41. The third kappa shape index (κ3) is 1.81. The summed E-state index contributed by atoms with van der Waals surface area (Å²) in [6, 6.07) is 5.64. The van der Waals surface area contributed by atoms with E-state index in [1.807, 2.05) is 19.1 Å². The number of furan rings is 1. The number of hydrogen-bond acceptors (Lipinski definition) is 5. The van der Waals surface area contributed by atoms with Gasteiger partial charge in [-0.2, -0.15) is 5.26 Å². The van der Waals surface area contributed by atoms with E-state index in [1.54, 1.807) is 6.07 Å². The average Bonchev–Trinajstić information content (AvgIpc) is 2.84. The predicted octanol–water partition coefficient (Wildman–Crippen LogP) is 2.40. The summed E-state index contributed by atoms with van der Waals surface area (Å²) < 4.78 is 11.1. The van der Waals surface area contributed by atoms with E-state index in [2.05, 4.69) is 0 Å². The Labute approximate surface area is 116 Å². The molecule has 0 spiro atoms. The maximum atomic E-state index is 12.2. The molecule has 0 aromatic carbocycles. The van der Waals surface area contributed by atoms with E-state index < -0.39 is 5.92 Å². The smallest absolute Gasteiger partial charge is 0.205 e. The number of rotatable bonds is 1. The Morgan fingerprint density at radius 2 is 2.20 bits per heavy atom. The molecule has 0 saturated carbocycles. The summed E-state index contributed by atoms with van der Waals surface area (Å²) in [5.41, 5.74) is 6.59. The van der Waals surface area contributed by atoms with Gasteiger partial charge in [0.25, 0.3) is 0 Å². The molecule has 5 nitrogen and oxygen atoms in total. The summed E-state index contributed by atoms with van der Waals surface area (Å²) >= 11 is 0. The first kappa shape index (κ1) is 12.5. The molecule has 2 aliphatic rings. The largest absolute Gasteiger partial charge is 0.465 e. The molecule has 0 amide bonds. The highest BCUT2D eigenvalue weighted by atomic mass is 16.5. The van der Waals surface area contributed by atoms with Crippen molar-refractivity contribution >= 4 is 5.78 Å². The van der Waals surface area contributed by atoms with Gasteiger partial charge < -0.3 is 14.9 Å². The van der Waals surface area contributed by atoms with Crippen molar-refractivity contribution in [3.05, 3.63) is 46.4 Å². The highest BCUT2D eigenvalue weighted by Crippen LogP contribution is 2.43. The van der Waals surface area contributed by atoms with Crippen LogP contribution in [0.4, 0.5) is 0 Å². The van der Waals surface area contributed by atoms with Gasteiger partial charge in [-0.15, -0.1) is 0 Å². The Morgan fingerprint density at radius 3 is 2.85 bits per heavy atom. The first-order valence-electron chi connectivity index (χ1n) is 6.52. The number of allylic oxidation sites excluding steroid dienone is 3. The van der Waals surface area contributed by atoms with Gasteiger partial charge >= 0.3 is 0 Å². The van der Waals surface area contributed by atoms with Crippen LogP contribution in [0.15, 0.2) is 39.3 Å². The minimum absolute atomic E-state index is 0.00514. The number of nitrogens with two attached hydrogens (primary N) is 1. The normalized spacial score (nSPS) is 22.4. The number of nitrogens with zero attached hydrogens (tertiary/aromatic N) is 1. The van der Waals surface area contributed by atoms with Crippen LogP contribution >= 0.6 is 0 Å². The summed E-state index contributed by atoms with van der Waals surface area (Å²) in [5, 5.41) is 9.33. The molecule has 2 heterocycles. The van der Waals surface area contributed by atoms with Gasteiger partial charge in [-0.1, -0.05) is 0 Å². The van der Waals surface area contributed by atoms with Crippen molar-refractivity contribution in [3.63, 3.8) is 0 Å². The Morgan fingerprint density at radius 1 is 1.40 bits per heavy atom. The fraction of sp³-hybridized carbons (Fsp3) is 0.333. The molecule has 20 heavy (non-hydrogen) atoms. The first-order chi connectivity index (χ1) is 9.61. The Bertz CT molecular complexity index is 688. The van der Waals surface area contributed by atoms with Gasteiger partial charge in [-0.25, -0.2) is 0 Å². The molecule has 1 aromatic heterocycles. The van der Waals surface area contributed by atoms with Gasteiger partial charge in [-0.05, 0) is 25.5 Å². The van der Waals surface area contributed by atoms with Gasteiger partial charge in [0.1, 0.15) is 28.9 Å². The molecule has 1 aliphatic carbocycles. The highest BCUT2D eigenvalue weighted by molar-refractivity contribution is 5.99. The van der Waals surface area contributed by atoms with E-state index in [1.165, 1.54) is 0 Å². The van der Waals surface area contributed by atoms with E-state index in [4.69, 9.17) is 14.9 Å². The van der Waals surface area contributed by atoms with Crippen molar-refractivity contribution in [1.82, 2.24) is 0 Å². The number of ketones is 1. The molecule has 1 aromatic rings. The summed E-state index contributed by atoms with van der Waals surface area (Å²) in [6.45, 7) is 1.82. The topological polar surface area (TPSA) is 89.3 Å². The number of aryl methyl sites for hydroxylation is 1. The molecule has 2 N–H and O–H groups in total. The van der Waals surface area contributed by atoms with E-state index in [-0.39, 0.29) is 17.2 Å². The SMILES string of the molecule is Cc1ccc([C@H]2C(C#N)=C(N)OC3=C2C(=O)CCC3)o1. The Hall–Kier alpha value is -2.48. The van der Waals surface area contributed by atoms with Crippen molar-refractivity contribution in [3.8, 4) is 6.07 Å². The van der Waals surface area contributed by atoms with Gasteiger partial charge in [0, 0.05) is 18.4 Å². The van der Waals surface area contributed by atoms with Gasteiger partial charge in [0.05, 0.1) is 5.92 Å². The second-order valence-corrected chi connectivity index (χ2v) is 4.99. The van der Waals surface area contributed by atoms with Crippen molar-refractivity contribution in [2.24, 2.45) is 5.73 Å². The van der Waals surface area contributed by atoms with Crippen LogP contribution in [0.3, 0.4) is 0 Å². The average molecular weight is 270 g/mol. The van der Waals surface area contributed by atoms with Crippen molar-refractivity contribution in [2.45, 2.75) is 32.1 Å². The third-order valence-corrected chi connectivity index (χ3v) is 3.65. The van der Waals surface area contributed by atoms with Crippen molar-refractivity contribution in [1.29, 1.82) is 5.26 Å². The lowest BCUT2D eigenvalue weighted by Gasteiger charge is -2.29. The van der Waals surface area contributed by atoms with Crippen LogP contribution in [0.25, 0.3) is 0 Å². The number of nitriles is 1. The van der Waals surface area contributed by atoms with Crippen LogP contribution in [0.5, 0.6) is 0 Å². The zero-order valence-electron chi connectivity index (χ0n) is 11.1. The lowest BCUT2D eigenvalue weighted by atomic mass is 9.80. The molecule has 1 atom stereocenters. The summed E-state index contributed by atoms with van der Waals surface area (Å²) in [7, 11) is 0. The maximum Gasteiger partial charge on any atom is 0.205 e. The molecule has 3 rings (SSSR count). The summed E-state index contributed by atoms with van der Waals surface area (Å²) in [6.07, 6.45) is 1.88. The van der Waals surface area contributed by atoms with Crippen LogP contribution in [0.1, 0.15) is 36.7 Å². The molecule has 0 radical (unpaired) electrons. The molecule has 0 saturated heterocycles. The molecule has 0 fully saturated rings. The molecular weight excluding hydrogens is 256 g/mol. The van der Waals surface area contributed by atoms with Crippen LogP contribution in [-0.2, 0) is 9.53 Å². The third-order valence-electron chi connectivity index (χ3n) is 3.65. The number of ether oxygens (including phenoxy) is 1. The molecule has 0 unspecified atom stereocenters. The first-order valence-corrected chi connectivity index (χ1v) is 6.52. The quantitative estimate of drug-likeness (QED) is 0.846.